The minimum Gasteiger partial charge on any atom is -0.460 e. The van der Waals surface area contributed by atoms with Crippen LogP contribution < -0.4 is 5.43 Å². The van der Waals surface area contributed by atoms with Crippen LogP contribution in [-0.2, 0) is 0 Å². The van der Waals surface area contributed by atoms with Crippen LogP contribution in [0.3, 0.4) is 0 Å². The molecule has 138 valence electrons. The summed E-state index contributed by atoms with van der Waals surface area (Å²) in [5, 5.41) is 8.62. The molecule has 0 aliphatic carbocycles. The van der Waals surface area contributed by atoms with Crippen molar-refractivity contribution in [1.82, 2.24) is 15.2 Å². The monoisotopic (exact) mass is 370 g/mol. The largest absolute Gasteiger partial charge is 0.460 e. The zero-order valence-corrected chi connectivity index (χ0v) is 15.2. The van der Waals surface area contributed by atoms with Crippen molar-refractivity contribution >= 4 is 12.1 Å². The molecule has 4 rings (SSSR count). The highest BCUT2D eigenvalue weighted by Crippen LogP contribution is 2.23. The summed E-state index contributed by atoms with van der Waals surface area (Å²) >= 11 is 0. The van der Waals surface area contributed by atoms with E-state index in [1.54, 1.807) is 16.9 Å². The molecule has 6 nitrogen and oxygen atoms in total. The number of benzene rings is 2. The highest BCUT2D eigenvalue weighted by molar-refractivity contribution is 6.00. The average molecular weight is 370 g/mol. The summed E-state index contributed by atoms with van der Waals surface area (Å²) < 4.78 is 7.10. The second-order valence-electron chi connectivity index (χ2n) is 6.19. The number of carbonyl (C=O) groups is 1. The van der Waals surface area contributed by atoms with Gasteiger partial charge in [0.1, 0.15) is 17.2 Å². The Balaban J connectivity index is 1.65. The first-order valence-electron chi connectivity index (χ1n) is 8.81. The lowest BCUT2D eigenvalue weighted by molar-refractivity contribution is 0.0955. The predicted molar refractivity (Wildman–Crippen MR) is 108 cm³/mol. The number of furan rings is 1. The molecule has 1 N–H and O–H groups in total. The van der Waals surface area contributed by atoms with E-state index in [0.29, 0.717) is 17.0 Å². The van der Waals surface area contributed by atoms with E-state index in [-0.39, 0.29) is 5.91 Å². The summed E-state index contributed by atoms with van der Waals surface area (Å²) in [4.78, 5) is 12.8. The van der Waals surface area contributed by atoms with Crippen LogP contribution in [-0.4, -0.2) is 21.9 Å². The molecule has 0 unspecified atom stereocenters. The first-order chi connectivity index (χ1) is 13.7. The average Bonchev–Trinajstić information content (AvgIpc) is 3.36. The molecule has 0 saturated heterocycles. The molecule has 4 aromatic rings. The lowest BCUT2D eigenvalue weighted by Crippen LogP contribution is -2.17. The van der Waals surface area contributed by atoms with Gasteiger partial charge in [0.05, 0.1) is 17.5 Å². The van der Waals surface area contributed by atoms with Crippen molar-refractivity contribution in [3.63, 3.8) is 0 Å². The SMILES string of the molecule is Cc1ccc(/C=N/NC(=O)c2cn(-c3ccccc3)nc2-c2ccccc2)o1. The summed E-state index contributed by atoms with van der Waals surface area (Å²) in [5.41, 5.74) is 5.29. The predicted octanol–water partition coefficient (Wildman–Crippen LogP) is 4.20. The summed E-state index contributed by atoms with van der Waals surface area (Å²) in [6.07, 6.45) is 3.17. The van der Waals surface area contributed by atoms with Gasteiger partial charge in [-0.25, -0.2) is 10.1 Å². The lowest BCUT2D eigenvalue weighted by Gasteiger charge is -2.01. The molecule has 2 aromatic heterocycles. The lowest BCUT2D eigenvalue weighted by atomic mass is 10.1. The summed E-state index contributed by atoms with van der Waals surface area (Å²) in [7, 11) is 0. The van der Waals surface area contributed by atoms with Gasteiger partial charge in [0.25, 0.3) is 5.91 Å². The molecular formula is C22H18N4O2. The summed E-state index contributed by atoms with van der Waals surface area (Å²) in [6.45, 7) is 1.85. The van der Waals surface area contributed by atoms with Crippen molar-refractivity contribution < 1.29 is 9.21 Å². The van der Waals surface area contributed by atoms with E-state index in [1.165, 1.54) is 6.21 Å². The van der Waals surface area contributed by atoms with E-state index in [9.17, 15) is 4.79 Å². The van der Waals surface area contributed by atoms with Crippen LogP contribution in [0.15, 0.2) is 88.5 Å². The number of hydrogen-bond acceptors (Lipinski definition) is 4. The fourth-order valence-corrected chi connectivity index (χ4v) is 2.80. The second kappa shape index (κ2) is 7.75. The Labute approximate surface area is 162 Å². The van der Waals surface area contributed by atoms with Crippen LogP contribution in [0.4, 0.5) is 0 Å². The van der Waals surface area contributed by atoms with Crippen LogP contribution >= 0.6 is 0 Å². The molecule has 0 fully saturated rings. The van der Waals surface area contributed by atoms with Crippen LogP contribution in [0.1, 0.15) is 21.9 Å². The number of nitrogens with one attached hydrogen (secondary N) is 1. The van der Waals surface area contributed by atoms with Crippen LogP contribution in [0.25, 0.3) is 16.9 Å². The molecular weight excluding hydrogens is 352 g/mol. The third-order valence-corrected chi connectivity index (χ3v) is 4.15. The molecule has 2 heterocycles. The van der Waals surface area contributed by atoms with E-state index in [4.69, 9.17) is 4.42 Å². The highest BCUT2D eigenvalue weighted by Gasteiger charge is 2.18. The molecule has 2 aromatic carbocycles. The smallest absolute Gasteiger partial charge is 0.275 e. The topological polar surface area (TPSA) is 72.4 Å². The van der Waals surface area contributed by atoms with Gasteiger partial charge in [0.2, 0.25) is 0 Å². The van der Waals surface area contributed by atoms with Gasteiger partial charge in [-0.2, -0.15) is 10.2 Å². The zero-order valence-electron chi connectivity index (χ0n) is 15.2. The number of nitrogens with zero attached hydrogens (tertiary/aromatic N) is 3. The first-order valence-corrected chi connectivity index (χ1v) is 8.81. The Morgan fingerprint density at radius 2 is 1.75 bits per heavy atom. The Morgan fingerprint density at radius 1 is 1.04 bits per heavy atom. The molecule has 0 aliphatic heterocycles. The van der Waals surface area contributed by atoms with Crippen molar-refractivity contribution in [3.8, 4) is 16.9 Å². The number of rotatable bonds is 5. The van der Waals surface area contributed by atoms with Gasteiger partial charge < -0.3 is 4.42 Å². The van der Waals surface area contributed by atoms with E-state index in [0.717, 1.165) is 17.0 Å². The van der Waals surface area contributed by atoms with Crippen molar-refractivity contribution in [2.24, 2.45) is 5.10 Å². The molecule has 0 aliphatic rings. The van der Waals surface area contributed by atoms with Gasteiger partial charge in [-0.3, -0.25) is 4.79 Å². The van der Waals surface area contributed by atoms with Crippen LogP contribution in [0, 0.1) is 6.92 Å². The standard InChI is InChI=1S/C22H18N4O2/c1-16-12-13-19(28-16)14-23-24-22(27)20-15-26(18-10-6-3-7-11-18)25-21(20)17-8-4-2-5-9-17/h2-15H,1H3,(H,24,27)/b23-14+. The van der Waals surface area contributed by atoms with Gasteiger partial charge >= 0.3 is 0 Å². The molecule has 0 saturated carbocycles. The third-order valence-electron chi connectivity index (χ3n) is 4.15. The van der Waals surface area contributed by atoms with E-state index in [2.05, 4.69) is 15.6 Å². The van der Waals surface area contributed by atoms with Gasteiger partial charge in [0, 0.05) is 11.8 Å². The highest BCUT2D eigenvalue weighted by atomic mass is 16.3. The van der Waals surface area contributed by atoms with Gasteiger partial charge in [-0.15, -0.1) is 0 Å². The van der Waals surface area contributed by atoms with Gasteiger partial charge in [0.15, 0.2) is 0 Å². The number of amides is 1. The van der Waals surface area contributed by atoms with Crippen molar-refractivity contribution in [1.29, 1.82) is 0 Å². The number of hydrogen-bond donors (Lipinski definition) is 1. The third kappa shape index (κ3) is 3.76. The van der Waals surface area contributed by atoms with Gasteiger partial charge in [-0.1, -0.05) is 48.5 Å². The Kier molecular flexibility index (Phi) is 4.84. The second-order valence-corrected chi connectivity index (χ2v) is 6.19. The fourth-order valence-electron chi connectivity index (χ4n) is 2.80. The molecule has 0 radical (unpaired) electrons. The maximum absolute atomic E-state index is 12.8. The normalized spacial score (nSPS) is 11.0. The summed E-state index contributed by atoms with van der Waals surface area (Å²) in [5.74, 6) is 1.00. The Morgan fingerprint density at radius 3 is 2.43 bits per heavy atom. The minimum absolute atomic E-state index is 0.347. The molecule has 1 amide bonds. The Bertz CT molecular complexity index is 1110. The van der Waals surface area contributed by atoms with Gasteiger partial charge in [-0.05, 0) is 31.2 Å². The van der Waals surface area contributed by atoms with Crippen LogP contribution in [0.2, 0.25) is 0 Å². The molecule has 0 bridgehead atoms. The van der Waals surface area contributed by atoms with E-state index >= 15 is 0 Å². The quantitative estimate of drug-likeness (QED) is 0.423. The maximum Gasteiger partial charge on any atom is 0.275 e. The van der Waals surface area contributed by atoms with Crippen molar-refractivity contribution in [2.75, 3.05) is 0 Å². The number of aromatic nitrogens is 2. The van der Waals surface area contributed by atoms with E-state index < -0.39 is 0 Å². The number of para-hydroxylation sites is 1. The molecule has 0 atom stereocenters. The number of aryl methyl sites for hydroxylation is 1. The van der Waals surface area contributed by atoms with Crippen molar-refractivity contribution in [2.45, 2.75) is 6.92 Å². The van der Waals surface area contributed by atoms with Crippen LogP contribution in [0.5, 0.6) is 0 Å². The number of hydrazone groups is 1. The minimum atomic E-state index is -0.347. The zero-order chi connectivity index (χ0) is 19.3. The first kappa shape index (κ1) is 17.5. The van der Waals surface area contributed by atoms with Crippen molar-refractivity contribution in [3.05, 3.63) is 96.1 Å². The fraction of sp³-hybridized carbons (Fsp3) is 0.0455. The summed E-state index contributed by atoms with van der Waals surface area (Å²) in [6, 6.07) is 22.9. The molecule has 0 spiro atoms. The maximum atomic E-state index is 12.8. The Hall–Kier alpha value is -3.93. The molecule has 28 heavy (non-hydrogen) atoms. The van der Waals surface area contributed by atoms with E-state index in [1.807, 2.05) is 73.7 Å². The number of carbonyl (C=O) groups excluding carboxylic acids is 1. The molecule has 6 heteroatoms.